The predicted molar refractivity (Wildman–Crippen MR) is 77.9 cm³/mol. The van der Waals surface area contributed by atoms with Crippen LogP contribution in [0.1, 0.15) is 24.8 Å². The topological polar surface area (TPSA) is 75.6 Å². The number of carbonyl (C=O) groups excluding carboxylic acids is 1. The number of nitrogens with one attached hydrogen (secondary N) is 1. The zero-order valence-electron chi connectivity index (χ0n) is 11.7. The largest absolute Gasteiger partial charge is 0.482 e. The zero-order valence-corrected chi connectivity index (χ0v) is 11.7. The molecule has 0 aromatic heterocycles. The molecule has 1 aromatic rings. The standard InChI is InChI=1S/C16H19NO4/c18-15(19)11-21-14-8-4-5-12(9-14)10-17-16(20)13-6-2-1-3-7-13/h1-2,4-5,8-9,13H,3,6-7,10-11H2,(H,17,20)(H,18,19)/t13-/m1/s1. The van der Waals surface area contributed by atoms with Crippen molar-refractivity contribution in [2.75, 3.05) is 6.61 Å². The Morgan fingerprint density at radius 3 is 2.90 bits per heavy atom. The summed E-state index contributed by atoms with van der Waals surface area (Å²) >= 11 is 0. The summed E-state index contributed by atoms with van der Waals surface area (Å²) in [6.45, 7) is 0.0491. The van der Waals surface area contributed by atoms with Gasteiger partial charge in [0.15, 0.2) is 6.61 Å². The van der Waals surface area contributed by atoms with Gasteiger partial charge in [0.25, 0.3) is 0 Å². The Hall–Kier alpha value is -2.30. The van der Waals surface area contributed by atoms with Crippen molar-refractivity contribution in [2.24, 2.45) is 5.92 Å². The Labute approximate surface area is 123 Å². The Morgan fingerprint density at radius 2 is 2.19 bits per heavy atom. The lowest BCUT2D eigenvalue weighted by Crippen LogP contribution is -2.30. The minimum Gasteiger partial charge on any atom is -0.482 e. The number of carboxylic acids is 1. The molecule has 0 aliphatic heterocycles. The third-order valence-corrected chi connectivity index (χ3v) is 3.37. The van der Waals surface area contributed by atoms with Crippen molar-refractivity contribution in [3.05, 3.63) is 42.0 Å². The lowest BCUT2D eigenvalue weighted by molar-refractivity contribution is -0.139. The monoisotopic (exact) mass is 289 g/mol. The first-order valence-electron chi connectivity index (χ1n) is 7.01. The number of ether oxygens (including phenoxy) is 1. The van der Waals surface area contributed by atoms with Crippen molar-refractivity contribution < 1.29 is 19.4 Å². The molecule has 0 spiro atoms. The first-order valence-corrected chi connectivity index (χ1v) is 7.01. The van der Waals surface area contributed by atoms with Gasteiger partial charge in [-0.2, -0.15) is 0 Å². The molecule has 1 amide bonds. The van der Waals surface area contributed by atoms with Crippen molar-refractivity contribution in [3.8, 4) is 5.75 Å². The van der Waals surface area contributed by atoms with E-state index in [1.807, 2.05) is 12.1 Å². The van der Waals surface area contributed by atoms with E-state index >= 15 is 0 Å². The van der Waals surface area contributed by atoms with Crippen molar-refractivity contribution in [2.45, 2.75) is 25.8 Å². The van der Waals surface area contributed by atoms with Crippen LogP contribution >= 0.6 is 0 Å². The van der Waals surface area contributed by atoms with Crippen LogP contribution in [-0.2, 0) is 16.1 Å². The van der Waals surface area contributed by atoms with E-state index in [0.29, 0.717) is 12.3 Å². The fourth-order valence-corrected chi connectivity index (χ4v) is 2.26. The van der Waals surface area contributed by atoms with Crippen LogP contribution in [0.2, 0.25) is 0 Å². The summed E-state index contributed by atoms with van der Waals surface area (Å²) in [4.78, 5) is 22.5. The van der Waals surface area contributed by atoms with E-state index in [0.717, 1.165) is 24.8 Å². The summed E-state index contributed by atoms with van der Waals surface area (Å²) in [7, 11) is 0. The van der Waals surface area contributed by atoms with E-state index in [1.165, 1.54) is 0 Å². The van der Waals surface area contributed by atoms with E-state index in [1.54, 1.807) is 18.2 Å². The molecule has 112 valence electrons. The molecular weight excluding hydrogens is 270 g/mol. The first-order chi connectivity index (χ1) is 10.1. The maximum Gasteiger partial charge on any atom is 0.341 e. The number of hydrogen-bond acceptors (Lipinski definition) is 3. The fourth-order valence-electron chi connectivity index (χ4n) is 2.26. The highest BCUT2D eigenvalue weighted by molar-refractivity contribution is 5.79. The van der Waals surface area contributed by atoms with Gasteiger partial charge in [-0.15, -0.1) is 0 Å². The molecule has 1 atom stereocenters. The second-order valence-corrected chi connectivity index (χ2v) is 5.03. The lowest BCUT2D eigenvalue weighted by atomic mass is 9.93. The molecule has 1 aliphatic carbocycles. The number of rotatable bonds is 6. The quantitative estimate of drug-likeness (QED) is 0.787. The Kier molecular flexibility index (Phi) is 5.37. The first kappa shape index (κ1) is 15.1. The molecule has 0 saturated heterocycles. The second kappa shape index (κ2) is 7.47. The van der Waals surface area contributed by atoms with E-state index in [4.69, 9.17) is 9.84 Å². The minimum atomic E-state index is -1.01. The van der Waals surface area contributed by atoms with Crippen LogP contribution in [0.25, 0.3) is 0 Å². The van der Waals surface area contributed by atoms with Gasteiger partial charge in [0.1, 0.15) is 5.75 Å². The highest BCUT2D eigenvalue weighted by atomic mass is 16.5. The maximum atomic E-state index is 12.0. The number of carbonyl (C=O) groups is 2. The smallest absolute Gasteiger partial charge is 0.341 e. The summed E-state index contributed by atoms with van der Waals surface area (Å²) < 4.78 is 5.11. The Morgan fingerprint density at radius 1 is 1.33 bits per heavy atom. The molecule has 21 heavy (non-hydrogen) atoms. The van der Waals surface area contributed by atoms with Gasteiger partial charge in [-0.25, -0.2) is 4.79 Å². The van der Waals surface area contributed by atoms with Gasteiger partial charge < -0.3 is 15.2 Å². The minimum absolute atomic E-state index is 0.0569. The number of aliphatic carboxylic acids is 1. The maximum absolute atomic E-state index is 12.0. The lowest BCUT2D eigenvalue weighted by Gasteiger charge is -2.17. The molecule has 5 heteroatoms. The summed E-state index contributed by atoms with van der Waals surface area (Å²) in [6.07, 6.45) is 6.80. The fraction of sp³-hybridized carbons (Fsp3) is 0.375. The van der Waals surface area contributed by atoms with Crippen LogP contribution in [0.4, 0.5) is 0 Å². The molecule has 0 bridgehead atoms. The molecule has 1 aromatic carbocycles. The normalized spacial score (nSPS) is 17.2. The Bertz CT molecular complexity index is 539. The average Bonchev–Trinajstić information content (AvgIpc) is 2.52. The molecule has 0 saturated carbocycles. The summed E-state index contributed by atoms with van der Waals surface area (Å²) in [5.41, 5.74) is 0.887. The summed E-state index contributed by atoms with van der Waals surface area (Å²) in [6, 6.07) is 7.08. The number of benzene rings is 1. The van der Waals surface area contributed by atoms with E-state index in [2.05, 4.69) is 11.4 Å². The van der Waals surface area contributed by atoms with Crippen molar-refractivity contribution in [3.63, 3.8) is 0 Å². The van der Waals surface area contributed by atoms with Crippen LogP contribution < -0.4 is 10.1 Å². The van der Waals surface area contributed by atoms with Gasteiger partial charge in [0.05, 0.1) is 0 Å². The highest BCUT2D eigenvalue weighted by Gasteiger charge is 2.18. The number of amides is 1. The zero-order chi connectivity index (χ0) is 15.1. The Balaban J connectivity index is 1.84. The molecule has 2 N–H and O–H groups in total. The summed E-state index contributed by atoms with van der Waals surface area (Å²) in [5.74, 6) is -0.401. The molecule has 5 nitrogen and oxygen atoms in total. The van der Waals surface area contributed by atoms with Crippen LogP contribution in [0.5, 0.6) is 5.75 Å². The van der Waals surface area contributed by atoms with Crippen LogP contribution in [0, 0.1) is 5.92 Å². The van der Waals surface area contributed by atoms with E-state index < -0.39 is 5.97 Å². The molecule has 0 heterocycles. The molecule has 0 radical (unpaired) electrons. The van der Waals surface area contributed by atoms with Gasteiger partial charge in [-0.1, -0.05) is 24.3 Å². The van der Waals surface area contributed by atoms with Gasteiger partial charge in [0, 0.05) is 12.5 Å². The van der Waals surface area contributed by atoms with Crippen molar-refractivity contribution in [1.29, 1.82) is 0 Å². The number of hydrogen-bond donors (Lipinski definition) is 2. The van der Waals surface area contributed by atoms with Gasteiger partial charge in [-0.3, -0.25) is 4.79 Å². The summed E-state index contributed by atoms with van der Waals surface area (Å²) in [5, 5.41) is 11.5. The molecule has 2 rings (SSSR count). The van der Waals surface area contributed by atoms with E-state index in [-0.39, 0.29) is 18.4 Å². The van der Waals surface area contributed by atoms with Crippen LogP contribution in [0.3, 0.4) is 0 Å². The molecule has 0 fully saturated rings. The van der Waals surface area contributed by atoms with Gasteiger partial charge >= 0.3 is 5.97 Å². The molecular formula is C16H19NO4. The molecule has 1 aliphatic rings. The van der Waals surface area contributed by atoms with Crippen LogP contribution in [-0.4, -0.2) is 23.6 Å². The number of carboxylic acid groups (broad SMARTS) is 1. The average molecular weight is 289 g/mol. The van der Waals surface area contributed by atoms with Gasteiger partial charge in [-0.05, 0) is 37.0 Å². The van der Waals surface area contributed by atoms with Crippen LogP contribution in [0.15, 0.2) is 36.4 Å². The predicted octanol–water partition coefficient (Wildman–Crippen LogP) is 2.12. The number of allylic oxidation sites excluding steroid dienone is 2. The van der Waals surface area contributed by atoms with Crippen molar-refractivity contribution >= 4 is 11.9 Å². The third-order valence-electron chi connectivity index (χ3n) is 3.37. The second-order valence-electron chi connectivity index (χ2n) is 5.03. The van der Waals surface area contributed by atoms with Crippen molar-refractivity contribution in [1.82, 2.24) is 5.32 Å². The third kappa shape index (κ3) is 4.95. The van der Waals surface area contributed by atoms with E-state index in [9.17, 15) is 9.59 Å². The SMILES string of the molecule is O=C(O)COc1cccc(CNC(=O)[C@@H]2CC=CCC2)c1. The highest BCUT2D eigenvalue weighted by Crippen LogP contribution is 2.18. The van der Waals surface area contributed by atoms with Gasteiger partial charge in [0.2, 0.25) is 5.91 Å². The molecule has 0 unspecified atom stereocenters.